The molecule has 5 heterocycles. The Morgan fingerprint density at radius 1 is 0.667 bits per heavy atom. The van der Waals surface area contributed by atoms with Gasteiger partial charge in [0.2, 0.25) is 23.6 Å². The van der Waals surface area contributed by atoms with Crippen molar-refractivity contribution in [3.63, 3.8) is 0 Å². The number of amides is 6. The van der Waals surface area contributed by atoms with Crippen LogP contribution in [0, 0.1) is 11.8 Å². The van der Waals surface area contributed by atoms with Gasteiger partial charge >= 0.3 is 12.2 Å². The van der Waals surface area contributed by atoms with E-state index in [1.807, 2.05) is 38.5 Å². The highest BCUT2D eigenvalue weighted by Gasteiger charge is 2.42. The van der Waals surface area contributed by atoms with E-state index in [1.165, 1.54) is 52.3 Å². The van der Waals surface area contributed by atoms with Gasteiger partial charge in [0.1, 0.15) is 24.2 Å². The average Bonchev–Trinajstić information content (AvgIpc) is 4.10. The molecule has 3 aliphatic rings. The topological polar surface area (TPSA) is 204 Å². The minimum absolute atomic E-state index is 0.0491. The Morgan fingerprint density at radius 3 is 1.44 bits per heavy atom. The fourth-order valence-corrected chi connectivity index (χ4v) is 10.1. The Labute approximate surface area is 377 Å². The van der Waals surface area contributed by atoms with Crippen LogP contribution in [0.4, 0.5) is 25.5 Å². The molecule has 3 aromatic rings. The Kier molecular flexibility index (Phi) is 15.0. The summed E-state index contributed by atoms with van der Waals surface area (Å²) >= 11 is 2.65. The monoisotopic (exact) mass is 907 g/mol. The van der Waals surface area contributed by atoms with Gasteiger partial charge in [-0.15, -0.1) is 22.7 Å². The number of nitrogens with zero attached hydrogens (tertiary/aromatic N) is 5. The number of anilines is 3. The first-order valence-electron chi connectivity index (χ1n) is 21.6. The van der Waals surface area contributed by atoms with Crippen molar-refractivity contribution in [1.82, 2.24) is 30.4 Å². The number of nitrogens with one attached hydrogen (secondary N) is 4. The van der Waals surface area contributed by atoms with Gasteiger partial charge in [-0.3, -0.25) is 19.2 Å². The number of aromatic nitrogens is 2. The Bertz CT molecular complexity index is 2010. The van der Waals surface area contributed by atoms with E-state index in [0.29, 0.717) is 49.0 Å². The molecule has 0 aliphatic carbocycles. The van der Waals surface area contributed by atoms with Crippen LogP contribution in [0.15, 0.2) is 35.0 Å². The summed E-state index contributed by atoms with van der Waals surface area (Å²) in [5, 5.41) is 16.0. The maximum atomic E-state index is 13.8. The fraction of sp³-hybridized carbons (Fsp3) is 0.591. The molecule has 2 aromatic heterocycles. The molecule has 63 heavy (non-hydrogen) atoms. The van der Waals surface area contributed by atoms with Gasteiger partial charge in [0, 0.05) is 29.5 Å². The molecule has 17 nitrogen and oxygen atoms in total. The molecule has 19 heteroatoms. The predicted molar refractivity (Wildman–Crippen MR) is 242 cm³/mol. The summed E-state index contributed by atoms with van der Waals surface area (Å²) in [7, 11) is 2.48. The molecule has 3 aliphatic heterocycles. The van der Waals surface area contributed by atoms with Crippen molar-refractivity contribution in [2.75, 3.05) is 42.8 Å². The number of hydrogen-bond donors (Lipinski definition) is 4. The molecule has 342 valence electrons. The van der Waals surface area contributed by atoms with Crippen molar-refractivity contribution in [2.45, 2.75) is 129 Å². The number of carbonyl (C=O) groups is 6. The summed E-state index contributed by atoms with van der Waals surface area (Å²) in [6.07, 6.45) is 2.35. The molecule has 0 unspecified atom stereocenters. The van der Waals surface area contributed by atoms with Gasteiger partial charge in [0.25, 0.3) is 0 Å². The zero-order valence-electron chi connectivity index (χ0n) is 37.6. The van der Waals surface area contributed by atoms with Crippen LogP contribution >= 0.6 is 22.7 Å². The second-order valence-electron chi connectivity index (χ2n) is 18.0. The number of ether oxygens (including phenoxy) is 2. The third kappa shape index (κ3) is 10.7. The maximum Gasteiger partial charge on any atom is 0.407 e. The van der Waals surface area contributed by atoms with Crippen LogP contribution in [0.3, 0.4) is 0 Å². The minimum Gasteiger partial charge on any atom is -0.453 e. The quantitative estimate of drug-likeness (QED) is 0.144. The Balaban J connectivity index is 1.19. The van der Waals surface area contributed by atoms with Crippen LogP contribution in [-0.2, 0) is 34.1 Å². The first kappa shape index (κ1) is 47.2. The average molecular weight is 908 g/mol. The lowest BCUT2D eigenvalue weighted by molar-refractivity contribution is -0.139. The van der Waals surface area contributed by atoms with Gasteiger partial charge in [-0.05, 0) is 73.5 Å². The van der Waals surface area contributed by atoms with Gasteiger partial charge in [-0.1, -0.05) is 60.6 Å². The molecule has 6 amide bonds. The molecular formula is C44H61N9O8S2. The molecule has 0 bridgehead atoms. The van der Waals surface area contributed by atoms with E-state index >= 15 is 0 Å². The molecule has 3 fully saturated rings. The number of benzene rings is 1. The van der Waals surface area contributed by atoms with Crippen LogP contribution in [0.25, 0.3) is 0 Å². The van der Waals surface area contributed by atoms with Crippen molar-refractivity contribution >= 4 is 74.4 Å². The van der Waals surface area contributed by atoms with Crippen molar-refractivity contribution in [1.29, 1.82) is 0 Å². The van der Waals surface area contributed by atoms with E-state index in [9.17, 15) is 28.8 Å². The van der Waals surface area contributed by atoms with Gasteiger partial charge in [-0.2, -0.15) is 0 Å². The highest BCUT2D eigenvalue weighted by molar-refractivity contribution is 7.14. The van der Waals surface area contributed by atoms with E-state index in [0.717, 1.165) is 29.9 Å². The largest absolute Gasteiger partial charge is 0.453 e. The van der Waals surface area contributed by atoms with Crippen LogP contribution < -0.4 is 26.2 Å². The fourth-order valence-electron chi connectivity index (χ4n) is 8.62. The van der Waals surface area contributed by atoms with E-state index < -0.39 is 36.4 Å². The summed E-state index contributed by atoms with van der Waals surface area (Å²) in [4.78, 5) is 94.0. The summed E-state index contributed by atoms with van der Waals surface area (Å²) in [5.41, 5.74) is 3.70. The number of carbonyl (C=O) groups excluding carboxylic acids is 6. The molecule has 0 spiro atoms. The van der Waals surface area contributed by atoms with Crippen molar-refractivity contribution in [3.8, 4) is 0 Å². The normalized spacial score (nSPS) is 21.0. The van der Waals surface area contributed by atoms with Gasteiger partial charge in [0.05, 0.1) is 37.7 Å². The highest BCUT2D eigenvalue weighted by Crippen LogP contribution is 2.48. The highest BCUT2D eigenvalue weighted by atomic mass is 32.1. The molecule has 6 atom stereocenters. The van der Waals surface area contributed by atoms with Gasteiger partial charge < -0.3 is 45.4 Å². The van der Waals surface area contributed by atoms with E-state index in [1.54, 1.807) is 0 Å². The van der Waals surface area contributed by atoms with Crippen LogP contribution in [0.1, 0.15) is 116 Å². The second-order valence-corrected chi connectivity index (χ2v) is 19.8. The van der Waals surface area contributed by atoms with Crippen molar-refractivity contribution in [3.05, 3.63) is 52.0 Å². The molecule has 6 rings (SSSR count). The lowest BCUT2D eigenvalue weighted by atomic mass is 9.87. The number of alkyl carbamates (subject to hydrolysis) is 2. The van der Waals surface area contributed by atoms with E-state index in [-0.39, 0.29) is 53.0 Å². The van der Waals surface area contributed by atoms with Crippen molar-refractivity contribution < 1.29 is 38.2 Å². The summed E-state index contributed by atoms with van der Waals surface area (Å²) in [6.45, 7) is 14.6. The number of methoxy groups -OCH3 is 2. The van der Waals surface area contributed by atoms with E-state index in [2.05, 4.69) is 71.2 Å². The SMILES string of the molecule is COC(=O)N[C@H](C(=O)N1CCC[C@H]1C(=O)Nc1nc([C@@H]2CC[C@@H](c3csc(NC(=O)[C@@H]4CCCN4C(=O)[C@@H](NC(=O)OC)C(C)C)n3)N2c2ccc(C(C)(C)C)cc2)cs1)C(C)C. The molecule has 0 radical (unpaired) electrons. The molecule has 1 aromatic carbocycles. The lowest BCUT2D eigenvalue weighted by Gasteiger charge is -2.32. The molecule has 4 N–H and O–H groups in total. The molecular weight excluding hydrogens is 847 g/mol. The first-order chi connectivity index (χ1) is 29.9. The zero-order chi connectivity index (χ0) is 45.7. The maximum absolute atomic E-state index is 13.8. The van der Waals surface area contributed by atoms with Crippen molar-refractivity contribution in [2.24, 2.45) is 11.8 Å². The number of likely N-dealkylation sites (tertiary alicyclic amines) is 2. The Hall–Kier alpha value is -5.30. The smallest absolute Gasteiger partial charge is 0.407 e. The van der Waals surface area contributed by atoms with E-state index in [4.69, 9.17) is 19.4 Å². The van der Waals surface area contributed by atoms with Crippen LogP contribution in [-0.4, -0.2) is 107 Å². The summed E-state index contributed by atoms with van der Waals surface area (Å²) in [5.74, 6) is -1.77. The molecule has 3 saturated heterocycles. The number of rotatable bonds is 13. The summed E-state index contributed by atoms with van der Waals surface area (Å²) < 4.78 is 9.48. The van der Waals surface area contributed by atoms with Crippen LogP contribution in [0.5, 0.6) is 0 Å². The van der Waals surface area contributed by atoms with Crippen LogP contribution in [0.2, 0.25) is 0 Å². The second kappa shape index (κ2) is 20.0. The third-order valence-electron chi connectivity index (χ3n) is 12.1. The summed E-state index contributed by atoms with van der Waals surface area (Å²) in [6, 6.07) is 5.09. The Morgan fingerprint density at radius 2 is 1.08 bits per heavy atom. The first-order valence-corrected chi connectivity index (χ1v) is 23.4. The zero-order valence-corrected chi connectivity index (χ0v) is 39.2. The predicted octanol–water partition coefficient (Wildman–Crippen LogP) is 6.60. The standard InChI is InChI=1S/C44H61N9O8S2/c1-24(2)34(47-42(58)60-8)38(56)51-20-10-12-32(51)36(54)49-40-45-28(22-62-40)30-18-19-31(53(30)27-16-14-26(15-17-27)44(5,6)7)29-23-63-41(46-29)50-37(55)33-13-11-21-52(33)39(57)35(25(3)4)48-43(59)61-9/h14-17,22-25,30-35H,10-13,18-21H2,1-9H3,(H,47,58)(H,48,59)(H,45,49,54)(H,46,50,55)/t30-,31-,32-,33-,34-,35-/m0/s1. The van der Waals surface area contributed by atoms with Gasteiger partial charge in [-0.25, -0.2) is 19.6 Å². The van der Waals surface area contributed by atoms with Gasteiger partial charge in [0.15, 0.2) is 10.3 Å². The lowest BCUT2D eigenvalue weighted by Crippen LogP contribution is -2.54. The minimum atomic E-state index is -0.838. The third-order valence-corrected chi connectivity index (χ3v) is 13.6. The molecule has 0 saturated carbocycles. The number of hydrogen-bond acceptors (Lipinski definition) is 13. The number of thiazole rings is 2.